The number of hydrogen-bond donors (Lipinski definition) is 2. The van der Waals surface area contributed by atoms with E-state index in [0.717, 1.165) is 0 Å². The normalized spacial score (nSPS) is 11.4. The standard InChI is InChI=1S/C14H18N4O4/c1-14(2,3)22-12(21)7-15-11(20)6-9-4-5-10(19)13-16-8-17-18(9)13/h4-5,8,19H,6-7H2,1-3H3,(H,15,20). The minimum absolute atomic E-state index is 0.00291. The highest BCUT2D eigenvalue weighted by Gasteiger charge is 2.17. The SMILES string of the molecule is CC(C)(C)OC(=O)CNC(=O)Cc1ccc(O)c2ncnn12. The molecule has 0 aliphatic heterocycles. The molecule has 0 saturated carbocycles. The number of pyridine rings is 1. The van der Waals surface area contributed by atoms with E-state index in [1.807, 2.05) is 0 Å². The van der Waals surface area contributed by atoms with Crippen molar-refractivity contribution in [3.8, 4) is 5.75 Å². The Bertz CT molecular complexity index is 702. The van der Waals surface area contributed by atoms with Gasteiger partial charge in [0.1, 0.15) is 18.5 Å². The van der Waals surface area contributed by atoms with Gasteiger partial charge in [-0.25, -0.2) is 9.50 Å². The molecular formula is C14H18N4O4. The molecule has 0 spiro atoms. The number of nitrogens with one attached hydrogen (secondary N) is 1. The summed E-state index contributed by atoms with van der Waals surface area (Å²) in [6.07, 6.45) is 1.29. The molecule has 0 bridgehead atoms. The molecule has 2 heterocycles. The van der Waals surface area contributed by atoms with Gasteiger partial charge in [-0.2, -0.15) is 5.10 Å². The molecule has 118 valence electrons. The van der Waals surface area contributed by atoms with Crippen molar-refractivity contribution < 1.29 is 19.4 Å². The van der Waals surface area contributed by atoms with Crippen LogP contribution in [-0.2, 0) is 20.7 Å². The zero-order valence-corrected chi connectivity index (χ0v) is 12.7. The molecule has 0 aliphatic carbocycles. The lowest BCUT2D eigenvalue weighted by Gasteiger charge is -2.19. The summed E-state index contributed by atoms with van der Waals surface area (Å²) < 4.78 is 6.47. The van der Waals surface area contributed by atoms with E-state index < -0.39 is 11.6 Å². The Morgan fingerprint density at radius 2 is 2.09 bits per heavy atom. The molecule has 0 radical (unpaired) electrons. The second-order valence-corrected chi connectivity index (χ2v) is 5.75. The molecule has 2 aromatic heterocycles. The van der Waals surface area contributed by atoms with E-state index in [2.05, 4.69) is 15.4 Å². The lowest BCUT2D eigenvalue weighted by Crippen LogP contribution is -2.35. The topological polar surface area (TPSA) is 106 Å². The molecule has 2 rings (SSSR count). The van der Waals surface area contributed by atoms with Crippen LogP contribution in [0.15, 0.2) is 18.5 Å². The fourth-order valence-electron chi connectivity index (χ4n) is 1.86. The smallest absolute Gasteiger partial charge is 0.325 e. The number of ether oxygens (including phenoxy) is 1. The molecule has 0 saturated heterocycles. The second-order valence-electron chi connectivity index (χ2n) is 5.75. The van der Waals surface area contributed by atoms with Crippen LogP contribution < -0.4 is 5.32 Å². The van der Waals surface area contributed by atoms with Crippen LogP contribution in [0.3, 0.4) is 0 Å². The number of nitrogens with zero attached hydrogens (tertiary/aromatic N) is 3. The number of aromatic nitrogens is 3. The first-order valence-corrected chi connectivity index (χ1v) is 6.75. The van der Waals surface area contributed by atoms with Gasteiger partial charge in [-0.1, -0.05) is 0 Å². The molecule has 2 aromatic rings. The van der Waals surface area contributed by atoms with Crippen molar-refractivity contribution in [3.05, 3.63) is 24.2 Å². The Kier molecular flexibility index (Phi) is 4.30. The number of esters is 1. The number of carbonyl (C=O) groups is 2. The van der Waals surface area contributed by atoms with E-state index in [4.69, 9.17) is 4.74 Å². The number of aromatic hydroxyl groups is 1. The van der Waals surface area contributed by atoms with Gasteiger partial charge in [-0.3, -0.25) is 9.59 Å². The summed E-state index contributed by atoms with van der Waals surface area (Å²) in [5.41, 5.74) is 0.232. The highest BCUT2D eigenvalue weighted by Crippen LogP contribution is 2.16. The molecule has 0 atom stereocenters. The number of amides is 1. The third kappa shape index (κ3) is 3.94. The minimum atomic E-state index is -0.592. The molecular weight excluding hydrogens is 288 g/mol. The molecule has 2 N–H and O–H groups in total. The highest BCUT2D eigenvalue weighted by atomic mass is 16.6. The second kappa shape index (κ2) is 6.00. The van der Waals surface area contributed by atoms with E-state index in [1.165, 1.54) is 16.9 Å². The van der Waals surface area contributed by atoms with Crippen molar-refractivity contribution in [3.63, 3.8) is 0 Å². The number of fused-ring (bicyclic) bond motifs is 1. The van der Waals surface area contributed by atoms with Crippen molar-refractivity contribution in [1.82, 2.24) is 19.9 Å². The molecule has 1 amide bonds. The van der Waals surface area contributed by atoms with Crippen LogP contribution in [0.2, 0.25) is 0 Å². The molecule has 8 heteroatoms. The predicted octanol–water partition coefficient (Wildman–Crippen LogP) is 0.435. The maximum atomic E-state index is 11.9. The van der Waals surface area contributed by atoms with Gasteiger partial charge in [0.25, 0.3) is 0 Å². The summed E-state index contributed by atoms with van der Waals surface area (Å²) in [5, 5.41) is 16.1. The van der Waals surface area contributed by atoms with Gasteiger partial charge in [-0.05, 0) is 32.9 Å². The Morgan fingerprint density at radius 3 is 2.77 bits per heavy atom. The average molecular weight is 306 g/mol. The van der Waals surface area contributed by atoms with Gasteiger partial charge in [0.05, 0.1) is 12.1 Å². The summed E-state index contributed by atoms with van der Waals surface area (Å²) in [6, 6.07) is 3.02. The summed E-state index contributed by atoms with van der Waals surface area (Å²) >= 11 is 0. The summed E-state index contributed by atoms with van der Waals surface area (Å²) in [4.78, 5) is 27.3. The average Bonchev–Trinajstić information content (AvgIpc) is 2.88. The number of carbonyl (C=O) groups excluding carboxylic acids is 2. The quantitative estimate of drug-likeness (QED) is 0.794. The summed E-state index contributed by atoms with van der Waals surface area (Å²) in [5.74, 6) is -0.874. The molecule has 0 aliphatic rings. The van der Waals surface area contributed by atoms with E-state index in [-0.39, 0.29) is 30.3 Å². The molecule has 0 unspecified atom stereocenters. The van der Waals surface area contributed by atoms with E-state index in [1.54, 1.807) is 26.8 Å². The first kappa shape index (κ1) is 15.7. The fraction of sp³-hybridized carbons (Fsp3) is 0.429. The molecule has 8 nitrogen and oxygen atoms in total. The summed E-state index contributed by atoms with van der Waals surface area (Å²) in [7, 11) is 0. The maximum absolute atomic E-state index is 11.9. The fourth-order valence-corrected chi connectivity index (χ4v) is 1.86. The van der Waals surface area contributed by atoms with Crippen LogP contribution in [0.25, 0.3) is 5.65 Å². The van der Waals surface area contributed by atoms with E-state index in [9.17, 15) is 14.7 Å². The summed E-state index contributed by atoms with van der Waals surface area (Å²) in [6.45, 7) is 5.06. The lowest BCUT2D eigenvalue weighted by molar-refractivity contribution is -0.154. The first-order valence-electron chi connectivity index (χ1n) is 6.75. The Labute approximate surface area is 127 Å². The molecule has 22 heavy (non-hydrogen) atoms. The third-order valence-electron chi connectivity index (χ3n) is 2.67. The van der Waals surface area contributed by atoms with Gasteiger partial charge < -0.3 is 15.2 Å². The minimum Gasteiger partial charge on any atom is -0.504 e. The number of hydrogen-bond acceptors (Lipinski definition) is 6. The molecule has 0 fully saturated rings. The number of rotatable bonds is 4. The monoisotopic (exact) mass is 306 g/mol. The van der Waals surface area contributed by atoms with Crippen LogP contribution in [0, 0.1) is 0 Å². The van der Waals surface area contributed by atoms with Crippen molar-refractivity contribution in [2.24, 2.45) is 0 Å². The van der Waals surface area contributed by atoms with Gasteiger partial charge in [-0.15, -0.1) is 0 Å². The van der Waals surface area contributed by atoms with Crippen molar-refractivity contribution in [2.75, 3.05) is 6.54 Å². The van der Waals surface area contributed by atoms with Gasteiger partial charge >= 0.3 is 5.97 Å². The van der Waals surface area contributed by atoms with Crippen molar-refractivity contribution in [1.29, 1.82) is 0 Å². The predicted molar refractivity (Wildman–Crippen MR) is 77.2 cm³/mol. The van der Waals surface area contributed by atoms with Crippen molar-refractivity contribution in [2.45, 2.75) is 32.8 Å². The van der Waals surface area contributed by atoms with Crippen LogP contribution >= 0.6 is 0 Å². The van der Waals surface area contributed by atoms with Crippen LogP contribution in [0.5, 0.6) is 5.75 Å². The Balaban J connectivity index is 1.96. The van der Waals surface area contributed by atoms with E-state index >= 15 is 0 Å². The zero-order chi connectivity index (χ0) is 16.3. The van der Waals surface area contributed by atoms with E-state index in [0.29, 0.717) is 5.69 Å². The van der Waals surface area contributed by atoms with Crippen LogP contribution in [0.4, 0.5) is 0 Å². The lowest BCUT2D eigenvalue weighted by atomic mass is 10.2. The van der Waals surface area contributed by atoms with Gasteiger partial charge in [0, 0.05) is 0 Å². The van der Waals surface area contributed by atoms with Gasteiger partial charge in [0.15, 0.2) is 11.4 Å². The zero-order valence-electron chi connectivity index (χ0n) is 12.7. The third-order valence-corrected chi connectivity index (χ3v) is 2.67. The van der Waals surface area contributed by atoms with Gasteiger partial charge in [0.2, 0.25) is 5.91 Å². The largest absolute Gasteiger partial charge is 0.504 e. The highest BCUT2D eigenvalue weighted by molar-refractivity contribution is 5.83. The van der Waals surface area contributed by atoms with Crippen molar-refractivity contribution >= 4 is 17.5 Å². The first-order chi connectivity index (χ1) is 10.3. The Morgan fingerprint density at radius 1 is 1.36 bits per heavy atom. The molecule has 0 aromatic carbocycles. The Hall–Kier alpha value is -2.64. The van der Waals surface area contributed by atoms with Crippen LogP contribution in [0.1, 0.15) is 26.5 Å². The maximum Gasteiger partial charge on any atom is 0.325 e. The van der Waals surface area contributed by atoms with Crippen LogP contribution in [-0.4, -0.2) is 43.7 Å².